The molecule has 0 bridgehead atoms. The molecular weight excluding hydrogens is 316 g/mol. The van der Waals surface area contributed by atoms with Crippen molar-refractivity contribution in [1.29, 1.82) is 0 Å². The van der Waals surface area contributed by atoms with Gasteiger partial charge in [0.05, 0.1) is 6.54 Å². The van der Waals surface area contributed by atoms with Crippen LogP contribution in [0.2, 0.25) is 0 Å². The molecule has 0 atom stereocenters. The third-order valence-corrected chi connectivity index (χ3v) is 3.84. The number of benzene rings is 1. The number of nitrogens with one attached hydrogen (secondary N) is 1. The molecule has 25 heavy (non-hydrogen) atoms. The van der Waals surface area contributed by atoms with Gasteiger partial charge in [-0.2, -0.15) is 0 Å². The Kier molecular flexibility index (Phi) is 5.74. The maximum absolute atomic E-state index is 12.0. The van der Waals surface area contributed by atoms with Crippen LogP contribution in [0.1, 0.15) is 17.9 Å². The number of aromatic nitrogens is 2. The lowest BCUT2D eigenvalue weighted by atomic mass is 10.2. The Bertz CT molecular complexity index is 783. The minimum absolute atomic E-state index is 0.0223. The maximum Gasteiger partial charge on any atom is 0.234 e. The summed E-state index contributed by atoms with van der Waals surface area (Å²) in [5, 5.41) is 2.94. The van der Waals surface area contributed by atoms with E-state index in [1.807, 2.05) is 48.3 Å². The summed E-state index contributed by atoms with van der Waals surface area (Å²) in [6.45, 7) is 1.70. The van der Waals surface area contributed by atoms with E-state index in [0.29, 0.717) is 25.4 Å². The lowest BCUT2D eigenvalue weighted by Gasteiger charge is -2.16. The molecule has 1 N–H and O–H groups in total. The first kappa shape index (κ1) is 17.1. The summed E-state index contributed by atoms with van der Waals surface area (Å²) in [4.78, 5) is 22.4. The molecule has 130 valence electrons. The molecule has 0 saturated carbocycles. The van der Waals surface area contributed by atoms with Gasteiger partial charge in [-0.05, 0) is 43.3 Å². The summed E-state index contributed by atoms with van der Waals surface area (Å²) in [5.74, 6) is 0.736. The molecule has 6 nitrogen and oxygen atoms in total. The Morgan fingerprint density at radius 3 is 2.80 bits per heavy atom. The van der Waals surface area contributed by atoms with E-state index < -0.39 is 0 Å². The molecule has 0 fully saturated rings. The molecule has 0 aliphatic heterocycles. The fourth-order valence-electron chi connectivity index (χ4n) is 2.65. The van der Waals surface area contributed by atoms with Crippen molar-refractivity contribution in [3.63, 3.8) is 0 Å². The number of para-hydroxylation sites is 2. The third-order valence-electron chi connectivity index (χ3n) is 3.84. The highest BCUT2D eigenvalue weighted by molar-refractivity contribution is 5.77. The number of carbonyl (C=O) groups is 1. The number of hydrogen-bond acceptors (Lipinski definition) is 5. The Balaban J connectivity index is 1.36. The van der Waals surface area contributed by atoms with Crippen molar-refractivity contribution < 1.29 is 9.21 Å². The second-order valence-corrected chi connectivity index (χ2v) is 6.06. The van der Waals surface area contributed by atoms with Gasteiger partial charge in [0.15, 0.2) is 11.5 Å². The summed E-state index contributed by atoms with van der Waals surface area (Å²) in [5.41, 5.74) is 2.82. The van der Waals surface area contributed by atoms with E-state index in [0.717, 1.165) is 29.6 Å². The van der Waals surface area contributed by atoms with Crippen LogP contribution in [0.15, 0.2) is 53.2 Å². The monoisotopic (exact) mass is 338 g/mol. The first-order chi connectivity index (χ1) is 12.2. The molecule has 0 radical (unpaired) electrons. The molecule has 1 amide bonds. The molecule has 1 aromatic carbocycles. The number of amides is 1. The summed E-state index contributed by atoms with van der Waals surface area (Å²) in [6, 6.07) is 11.6. The van der Waals surface area contributed by atoms with Crippen LogP contribution in [-0.4, -0.2) is 40.9 Å². The number of nitrogens with zero attached hydrogens (tertiary/aromatic N) is 3. The van der Waals surface area contributed by atoms with Crippen molar-refractivity contribution in [2.75, 3.05) is 20.1 Å². The van der Waals surface area contributed by atoms with Crippen molar-refractivity contribution in [2.45, 2.75) is 19.4 Å². The topological polar surface area (TPSA) is 71.3 Å². The number of oxazole rings is 1. The van der Waals surface area contributed by atoms with Crippen LogP contribution in [0.5, 0.6) is 0 Å². The zero-order valence-electron chi connectivity index (χ0n) is 14.3. The zero-order chi connectivity index (χ0) is 17.5. The van der Waals surface area contributed by atoms with E-state index >= 15 is 0 Å². The van der Waals surface area contributed by atoms with E-state index in [9.17, 15) is 4.79 Å². The van der Waals surface area contributed by atoms with Gasteiger partial charge in [-0.25, -0.2) is 4.98 Å². The lowest BCUT2D eigenvalue weighted by molar-refractivity contribution is -0.122. The number of rotatable bonds is 8. The van der Waals surface area contributed by atoms with Gasteiger partial charge in [-0.3, -0.25) is 14.7 Å². The molecule has 0 spiro atoms. The molecular formula is C19H22N4O2. The summed E-state index contributed by atoms with van der Waals surface area (Å²) in [6.07, 6.45) is 5.03. The second-order valence-electron chi connectivity index (χ2n) is 6.06. The van der Waals surface area contributed by atoms with Crippen molar-refractivity contribution in [2.24, 2.45) is 0 Å². The molecule has 0 saturated heterocycles. The predicted molar refractivity (Wildman–Crippen MR) is 95.9 cm³/mol. The summed E-state index contributed by atoms with van der Waals surface area (Å²) in [7, 11) is 1.93. The highest BCUT2D eigenvalue weighted by Gasteiger charge is 2.08. The smallest absolute Gasteiger partial charge is 0.234 e. The van der Waals surface area contributed by atoms with Crippen LogP contribution >= 0.6 is 0 Å². The average Bonchev–Trinajstić information content (AvgIpc) is 3.02. The van der Waals surface area contributed by atoms with Gasteiger partial charge >= 0.3 is 0 Å². The Hall–Kier alpha value is -2.73. The number of carbonyl (C=O) groups excluding carboxylic acids is 1. The summed E-state index contributed by atoms with van der Waals surface area (Å²) < 4.78 is 5.67. The van der Waals surface area contributed by atoms with Gasteiger partial charge in [-0.1, -0.05) is 12.1 Å². The number of hydrogen-bond donors (Lipinski definition) is 1. The van der Waals surface area contributed by atoms with E-state index in [1.54, 1.807) is 12.4 Å². The van der Waals surface area contributed by atoms with Crippen LogP contribution in [0, 0.1) is 0 Å². The molecule has 6 heteroatoms. The highest BCUT2D eigenvalue weighted by Crippen LogP contribution is 2.15. The van der Waals surface area contributed by atoms with Crippen LogP contribution in [0.4, 0.5) is 0 Å². The first-order valence-corrected chi connectivity index (χ1v) is 8.39. The fraction of sp³-hybridized carbons (Fsp3) is 0.316. The molecule has 3 rings (SSSR count). The Morgan fingerprint density at radius 2 is 2.00 bits per heavy atom. The van der Waals surface area contributed by atoms with Crippen LogP contribution in [0.3, 0.4) is 0 Å². The minimum Gasteiger partial charge on any atom is -0.441 e. The maximum atomic E-state index is 12.0. The second kappa shape index (κ2) is 8.39. The zero-order valence-corrected chi connectivity index (χ0v) is 14.3. The largest absolute Gasteiger partial charge is 0.441 e. The Labute approximate surface area is 146 Å². The van der Waals surface area contributed by atoms with Crippen molar-refractivity contribution in [3.05, 3.63) is 60.2 Å². The number of aryl methyl sites for hydroxylation is 1. The normalized spacial score (nSPS) is 11.1. The minimum atomic E-state index is 0.0223. The van der Waals surface area contributed by atoms with E-state index in [1.165, 1.54) is 0 Å². The molecule has 2 heterocycles. The van der Waals surface area contributed by atoms with Crippen LogP contribution < -0.4 is 5.32 Å². The van der Waals surface area contributed by atoms with E-state index in [4.69, 9.17) is 4.42 Å². The highest BCUT2D eigenvalue weighted by atomic mass is 16.3. The molecule has 0 unspecified atom stereocenters. The summed E-state index contributed by atoms with van der Waals surface area (Å²) >= 11 is 0. The average molecular weight is 338 g/mol. The van der Waals surface area contributed by atoms with E-state index in [2.05, 4.69) is 15.3 Å². The number of fused-ring (bicyclic) bond motifs is 1. The molecule has 3 aromatic rings. The fourth-order valence-corrected chi connectivity index (χ4v) is 2.65. The third kappa shape index (κ3) is 5.12. The quantitative estimate of drug-likeness (QED) is 0.639. The standard InChI is InChI=1S/C19H22N4O2/c1-23(13-15-8-11-20-12-9-15)14-18(24)21-10-4-7-19-22-16-5-2-3-6-17(16)25-19/h2-3,5-6,8-9,11-12H,4,7,10,13-14H2,1H3,(H,21,24). The lowest BCUT2D eigenvalue weighted by Crippen LogP contribution is -2.35. The first-order valence-electron chi connectivity index (χ1n) is 8.39. The number of pyridine rings is 1. The molecule has 0 aliphatic carbocycles. The Morgan fingerprint density at radius 1 is 1.20 bits per heavy atom. The van der Waals surface area contributed by atoms with Gasteiger partial charge in [-0.15, -0.1) is 0 Å². The van der Waals surface area contributed by atoms with E-state index in [-0.39, 0.29) is 5.91 Å². The predicted octanol–water partition coefficient (Wildman–Crippen LogP) is 2.40. The van der Waals surface area contributed by atoms with Gasteiger partial charge in [0.25, 0.3) is 0 Å². The van der Waals surface area contributed by atoms with Crippen LogP contribution in [-0.2, 0) is 17.8 Å². The molecule has 0 aliphatic rings. The number of likely N-dealkylation sites (N-methyl/N-ethyl adjacent to an activating group) is 1. The molecule has 2 aromatic heterocycles. The van der Waals surface area contributed by atoms with Gasteiger partial charge in [0, 0.05) is 31.9 Å². The SMILES string of the molecule is CN(CC(=O)NCCCc1nc2ccccc2o1)Cc1ccncc1. The van der Waals surface area contributed by atoms with Crippen molar-refractivity contribution in [3.8, 4) is 0 Å². The van der Waals surface area contributed by atoms with Crippen molar-refractivity contribution in [1.82, 2.24) is 20.2 Å². The van der Waals surface area contributed by atoms with Crippen molar-refractivity contribution >= 4 is 17.0 Å². The van der Waals surface area contributed by atoms with Crippen LogP contribution in [0.25, 0.3) is 11.1 Å². The van der Waals surface area contributed by atoms with Gasteiger partial charge in [0.2, 0.25) is 5.91 Å². The van der Waals surface area contributed by atoms with Gasteiger partial charge < -0.3 is 9.73 Å². The van der Waals surface area contributed by atoms with Gasteiger partial charge in [0.1, 0.15) is 5.52 Å².